The first-order chi connectivity index (χ1) is 23.3. The maximum Gasteiger partial charge on any atom is 0.242 e. The largest absolute Gasteiger partial charge is 0.370 e. The van der Waals surface area contributed by atoms with E-state index in [2.05, 4.69) is 33.1 Å². The molecule has 0 aliphatic carbocycles. The molecule has 0 radical (unpaired) electrons. The fourth-order valence-corrected chi connectivity index (χ4v) is 5.21. The molecule has 0 saturated heterocycles. The van der Waals surface area contributed by atoms with E-state index in [0.717, 1.165) is 33.4 Å². The minimum atomic E-state index is -0.836. The van der Waals surface area contributed by atoms with Crippen LogP contribution in [0, 0.1) is 0 Å². The molecule has 0 aromatic heterocycles. The van der Waals surface area contributed by atoms with Gasteiger partial charge in [-0.3, -0.25) is 19.4 Å². The van der Waals surface area contributed by atoms with Gasteiger partial charge in [0.05, 0.1) is 12.6 Å². The number of aryl methyl sites for hydroxylation is 1. The van der Waals surface area contributed by atoms with Gasteiger partial charge in [0.1, 0.15) is 6.04 Å². The van der Waals surface area contributed by atoms with Gasteiger partial charge in [0.15, 0.2) is 5.96 Å². The van der Waals surface area contributed by atoms with E-state index in [4.69, 9.17) is 17.2 Å². The highest BCUT2D eigenvalue weighted by Gasteiger charge is 2.22. The first kappa shape index (κ1) is 35.4. The third-order valence-electron chi connectivity index (χ3n) is 7.89. The fraction of sp³-hybridized carbons (Fsp3) is 0.263. The van der Waals surface area contributed by atoms with Crippen LogP contribution >= 0.6 is 0 Å². The lowest BCUT2D eigenvalue weighted by Crippen LogP contribution is -2.51. The van der Waals surface area contributed by atoms with E-state index in [1.165, 1.54) is 0 Å². The topological polar surface area (TPSA) is 178 Å². The van der Waals surface area contributed by atoms with Crippen molar-refractivity contribution in [2.45, 2.75) is 44.2 Å². The van der Waals surface area contributed by atoms with Gasteiger partial charge in [-0.15, -0.1) is 0 Å². The second kappa shape index (κ2) is 18.6. The number of hydrogen-bond donors (Lipinski definition) is 6. The summed E-state index contributed by atoms with van der Waals surface area (Å²) in [5.41, 5.74) is 23.2. The summed E-state index contributed by atoms with van der Waals surface area (Å²) in [6, 6.07) is 34.5. The highest BCUT2D eigenvalue weighted by molar-refractivity contribution is 5.91. The Hall–Kier alpha value is -5.48. The number of benzene rings is 4. The molecule has 0 fully saturated rings. The predicted octanol–water partition coefficient (Wildman–Crippen LogP) is 3.29. The molecule has 3 amide bonds. The zero-order chi connectivity index (χ0) is 34.1. The van der Waals surface area contributed by atoms with Gasteiger partial charge < -0.3 is 33.2 Å². The second-order valence-corrected chi connectivity index (χ2v) is 11.6. The average molecular weight is 648 g/mol. The Labute approximate surface area is 282 Å². The smallest absolute Gasteiger partial charge is 0.242 e. The van der Waals surface area contributed by atoms with Crippen LogP contribution in [-0.4, -0.2) is 55.4 Å². The highest BCUT2D eigenvalue weighted by Crippen LogP contribution is 2.21. The molecule has 4 rings (SSSR count). The molecule has 250 valence electrons. The zero-order valence-electron chi connectivity index (χ0n) is 27.1. The molecule has 0 heterocycles. The minimum Gasteiger partial charge on any atom is -0.370 e. The lowest BCUT2D eigenvalue weighted by atomic mass is 10.00. The second-order valence-electron chi connectivity index (χ2n) is 11.6. The lowest BCUT2D eigenvalue weighted by molar-refractivity contribution is -0.130. The molecule has 4 aromatic carbocycles. The molecule has 0 saturated carbocycles. The van der Waals surface area contributed by atoms with Crippen LogP contribution in [0.5, 0.6) is 0 Å². The summed E-state index contributed by atoms with van der Waals surface area (Å²) >= 11 is 0. The Balaban J connectivity index is 1.28. The summed E-state index contributed by atoms with van der Waals surface area (Å²) in [4.78, 5) is 42.8. The van der Waals surface area contributed by atoms with Crippen molar-refractivity contribution in [2.75, 3.05) is 19.6 Å². The maximum atomic E-state index is 13.1. The first-order valence-corrected chi connectivity index (χ1v) is 16.2. The molecular weight excluding hydrogens is 602 g/mol. The number of amides is 3. The lowest BCUT2D eigenvalue weighted by Gasteiger charge is -2.19. The van der Waals surface area contributed by atoms with E-state index in [0.29, 0.717) is 45.2 Å². The Morgan fingerprint density at radius 1 is 0.646 bits per heavy atom. The number of guanidine groups is 1. The summed E-state index contributed by atoms with van der Waals surface area (Å²) in [6.07, 6.45) is 2.64. The summed E-state index contributed by atoms with van der Waals surface area (Å²) in [6.45, 7) is 0.584. The van der Waals surface area contributed by atoms with Crippen molar-refractivity contribution in [3.63, 3.8) is 0 Å². The molecule has 48 heavy (non-hydrogen) atoms. The van der Waals surface area contributed by atoms with Gasteiger partial charge in [-0.1, -0.05) is 109 Å². The van der Waals surface area contributed by atoms with Crippen molar-refractivity contribution >= 4 is 23.7 Å². The number of nitrogens with zero attached hydrogens (tertiary/aromatic N) is 1. The van der Waals surface area contributed by atoms with E-state index >= 15 is 0 Å². The number of carbonyl (C=O) groups is 3. The van der Waals surface area contributed by atoms with E-state index in [9.17, 15) is 14.4 Å². The van der Waals surface area contributed by atoms with Gasteiger partial charge in [-0.25, -0.2) is 0 Å². The van der Waals surface area contributed by atoms with Crippen molar-refractivity contribution in [1.82, 2.24) is 16.0 Å². The highest BCUT2D eigenvalue weighted by atomic mass is 16.2. The Bertz CT molecular complexity index is 1620. The van der Waals surface area contributed by atoms with Gasteiger partial charge in [-0.05, 0) is 65.5 Å². The quantitative estimate of drug-likeness (QED) is 0.0582. The summed E-state index contributed by atoms with van der Waals surface area (Å²) in [5.74, 6) is -1.19. The number of aliphatic imine (C=N–C) groups is 1. The van der Waals surface area contributed by atoms with E-state index in [1.807, 2.05) is 97.1 Å². The third kappa shape index (κ3) is 11.7. The minimum absolute atomic E-state index is 0.0316. The molecule has 9 N–H and O–H groups in total. The standard InChI is InChI=1S/C38H45N7O3/c39-33(25-28-15-20-32(21-16-28)30-11-5-2-6-12-30)36(47)44-26-35(46)45-34(37(48)42-23-7-8-24-43-38(40)41)22-17-27-13-18-31(19-14-27)29-9-3-1-4-10-29/h1-6,9-16,18-21,33-34H,7-8,17,22-26,39H2,(H,42,48)(H,44,47)(H,45,46)(H4,40,41,43)/t33-,34-/m0/s1. The summed E-state index contributed by atoms with van der Waals surface area (Å²) in [7, 11) is 0. The van der Waals surface area contributed by atoms with Crippen LogP contribution in [0.2, 0.25) is 0 Å². The van der Waals surface area contributed by atoms with Crippen LogP contribution in [0.4, 0.5) is 0 Å². The Kier molecular flexibility index (Phi) is 13.7. The van der Waals surface area contributed by atoms with Crippen molar-refractivity contribution in [1.29, 1.82) is 0 Å². The number of nitrogens with one attached hydrogen (secondary N) is 3. The molecule has 0 spiro atoms. The van der Waals surface area contributed by atoms with Crippen LogP contribution < -0.4 is 33.2 Å². The molecule has 2 atom stereocenters. The van der Waals surface area contributed by atoms with Crippen molar-refractivity contribution in [3.05, 3.63) is 120 Å². The van der Waals surface area contributed by atoms with Gasteiger partial charge in [0, 0.05) is 13.1 Å². The van der Waals surface area contributed by atoms with Crippen molar-refractivity contribution < 1.29 is 14.4 Å². The molecule has 0 unspecified atom stereocenters. The normalized spacial score (nSPS) is 11.9. The summed E-state index contributed by atoms with van der Waals surface area (Å²) < 4.78 is 0. The number of unbranched alkanes of at least 4 members (excludes halogenated alkanes) is 1. The predicted molar refractivity (Wildman–Crippen MR) is 192 cm³/mol. The van der Waals surface area contributed by atoms with Crippen molar-refractivity contribution in [2.24, 2.45) is 22.2 Å². The van der Waals surface area contributed by atoms with Gasteiger partial charge in [-0.2, -0.15) is 0 Å². The average Bonchev–Trinajstić information content (AvgIpc) is 3.11. The van der Waals surface area contributed by atoms with Crippen LogP contribution in [0.25, 0.3) is 22.3 Å². The molecule has 0 bridgehead atoms. The number of carbonyl (C=O) groups excluding carboxylic acids is 3. The fourth-order valence-electron chi connectivity index (χ4n) is 5.21. The molecular formula is C38H45N7O3. The molecule has 4 aromatic rings. The van der Waals surface area contributed by atoms with Crippen molar-refractivity contribution in [3.8, 4) is 22.3 Å². The van der Waals surface area contributed by atoms with Crippen LogP contribution in [0.15, 0.2) is 114 Å². The maximum absolute atomic E-state index is 13.1. The van der Waals surface area contributed by atoms with Gasteiger partial charge in [0.25, 0.3) is 0 Å². The van der Waals surface area contributed by atoms with Crippen LogP contribution in [0.3, 0.4) is 0 Å². The molecule has 10 nitrogen and oxygen atoms in total. The van der Waals surface area contributed by atoms with E-state index in [-0.39, 0.29) is 18.4 Å². The summed E-state index contributed by atoms with van der Waals surface area (Å²) in [5, 5.41) is 8.31. The van der Waals surface area contributed by atoms with E-state index < -0.39 is 23.9 Å². The Morgan fingerprint density at radius 2 is 1.19 bits per heavy atom. The monoisotopic (exact) mass is 647 g/mol. The molecule has 10 heteroatoms. The molecule has 0 aliphatic heterocycles. The number of hydrogen-bond acceptors (Lipinski definition) is 5. The number of nitrogens with two attached hydrogens (primary N) is 3. The van der Waals surface area contributed by atoms with Gasteiger partial charge in [0.2, 0.25) is 17.7 Å². The third-order valence-corrected chi connectivity index (χ3v) is 7.89. The SMILES string of the molecule is NC(N)=NCCCCNC(=O)[C@H](CCc1ccc(-c2ccccc2)cc1)NC(=O)CNC(=O)[C@@H](N)Cc1ccc(-c2ccccc2)cc1. The van der Waals surface area contributed by atoms with Crippen LogP contribution in [0.1, 0.15) is 30.4 Å². The molecule has 0 aliphatic rings. The van der Waals surface area contributed by atoms with Crippen LogP contribution in [-0.2, 0) is 27.2 Å². The zero-order valence-corrected chi connectivity index (χ0v) is 27.1. The Morgan fingerprint density at radius 3 is 1.75 bits per heavy atom. The number of rotatable bonds is 17. The van der Waals surface area contributed by atoms with E-state index in [1.54, 1.807) is 0 Å². The van der Waals surface area contributed by atoms with Gasteiger partial charge >= 0.3 is 0 Å². The first-order valence-electron chi connectivity index (χ1n) is 16.2.